The van der Waals surface area contributed by atoms with Crippen molar-refractivity contribution in [2.24, 2.45) is 11.7 Å². The van der Waals surface area contributed by atoms with E-state index in [4.69, 9.17) is 5.73 Å². The average molecular weight is 204 g/mol. The van der Waals surface area contributed by atoms with Crippen LogP contribution >= 0.6 is 0 Å². The molecule has 1 aromatic carbocycles. The van der Waals surface area contributed by atoms with Crippen LogP contribution in [-0.2, 0) is 16.0 Å². The minimum Gasteiger partial charge on any atom is -0.369 e. The van der Waals surface area contributed by atoms with Crippen molar-refractivity contribution in [3.63, 3.8) is 0 Å². The molecule has 15 heavy (non-hydrogen) atoms. The zero-order valence-electron chi connectivity index (χ0n) is 8.19. The fourth-order valence-corrected chi connectivity index (χ4v) is 1.78. The Balaban J connectivity index is 2.35. The Labute approximate surface area is 87.5 Å². The van der Waals surface area contributed by atoms with Crippen LogP contribution in [0.4, 0.5) is 5.69 Å². The molecule has 3 N–H and O–H groups in total. The van der Waals surface area contributed by atoms with E-state index in [0.29, 0.717) is 6.42 Å². The standard InChI is InChI=1S/C11H12N2O2/c12-11(15)8-5-7-3-1-2-4-9(7)13-10(14)6-8/h1-4,8H,5-6H2,(H2,12,15)(H,13,14). The summed E-state index contributed by atoms with van der Waals surface area (Å²) in [6, 6.07) is 7.46. The zero-order valence-corrected chi connectivity index (χ0v) is 8.19. The second-order valence-corrected chi connectivity index (χ2v) is 3.71. The molecule has 1 aliphatic rings. The summed E-state index contributed by atoms with van der Waals surface area (Å²) in [5.41, 5.74) is 6.99. The third kappa shape index (κ3) is 1.98. The predicted molar refractivity (Wildman–Crippen MR) is 56.1 cm³/mol. The first kappa shape index (κ1) is 9.71. The minimum atomic E-state index is -0.415. The largest absolute Gasteiger partial charge is 0.369 e. The molecule has 0 spiro atoms. The molecule has 1 atom stereocenters. The topological polar surface area (TPSA) is 72.2 Å². The molecule has 0 radical (unpaired) electrons. The molecule has 1 unspecified atom stereocenters. The van der Waals surface area contributed by atoms with Gasteiger partial charge in [0.25, 0.3) is 0 Å². The number of hydrogen-bond acceptors (Lipinski definition) is 2. The highest BCUT2D eigenvalue weighted by atomic mass is 16.2. The summed E-state index contributed by atoms with van der Waals surface area (Å²) in [5.74, 6) is -0.959. The van der Waals surface area contributed by atoms with Gasteiger partial charge in [-0.15, -0.1) is 0 Å². The zero-order chi connectivity index (χ0) is 10.8. The van der Waals surface area contributed by atoms with E-state index in [1.165, 1.54) is 0 Å². The van der Waals surface area contributed by atoms with Crippen LogP contribution in [0.5, 0.6) is 0 Å². The maximum atomic E-state index is 11.4. The van der Waals surface area contributed by atoms with Crippen molar-refractivity contribution in [1.82, 2.24) is 0 Å². The molecule has 2 rings (SSSR count). The Kier molecular flexibility index (Phi) is 2.41. The highest BCUT2D eigenvalue weighted by Crippen LogP contribution is 2.24. The first-order chi connectivity index (χ1) is 7.16. The molecular formula is C11H12N2O2. The fourth-order valence-electron chi connectivity index (χ4n) is 1.78. The highest BCUT2D eigenvalue weighted by Gasteiger charge is 2.24. The van der Waals surface area contributed by atoms with Gasteiger partial charge in [0.15, 0.2) is 0 Å². The number of amides is 2. The molecule has 4 nitrogen and oxygen atoms in total. The summed E-state index contributed by atoms with van der Waals surface area (Å²) in [6.45, 7) is 0. The van der Waals surface area contributed by atoms with E-state index in [1.807, 2.05) is 24.3 Å². The number of fused-ring (bicyclic) bond motifs is 1. The van der Waals surface area contributed by atoms with Crippen molar-refractivity contribution in [1.29, 1.82) is 0 Å². The molecule has 0 fully saturated rings. The van der Waals surface area contributed by atoms with Crippen molar-refractivity contribution in [2.75, 3.05) is 5.32 Å². The molecule has 1 aromatic rings. The number of nitrogens with one attached hydrogen (secondary N) is 1. The van der Waals surface area contributed by atoms with Crippen LogP contribution in [-0.4, -0.2) is 11.8 Å². The van der Waals surface area contributed by atoms with E-state index in [2.05, 4.69) is 5.32 Å². The van der Waals surface area contributed by atoms with Crippen molar-refractivity contribution in [2.45, 2.75) is 12.8 Å². The summed E-state index contributed by atoms with van der Waals surface area (Å²) in [4.78, 5) is 22.5. The normalized spacial score (nSPS) is 20.0. The molecule has 0 saturated heterocycles. The lowest BCUT2D eigenvalue weighted by Crippen LogP contribution is -2.27. The molecule has 0 bridgehead atoms. The van der Waals surface area contributed by atoms with Crippen LogP contribution < -0.4 is 11.1 Å². The van der Waals surface area contributed by atoms with E-state index in [0.717, 1.165) is 11.3 Å². The monoisotopic (exact) mass is 204 g/mol. The first-order valence-electron chi connectivity index (χ1n) is 4.84. The number of anilines is 1. The fraction of sp³-hybridized carbons (Fsp3) is 0.273. The number of para-hydroxylation sites is 1. The minimum absolute atomic E-state index is 0.149. The van der Waals surface area contributed by atoms with Gasteiger partial charge in [-0.05, 0) is 18.1 Å². The number of benzene rings is 1. The van der Waals surface area contributed by atoms with Crippen molar-refractivity contribution >= 4 is 17.5 Å². The third-order valence-corrected chi connectivity index (χ3v) is 2.59. The van der Waals surface area contributed by atoms with Gasteiger partial charge in [0.1, 0.15) is 0 Å². The lowest BCUT2D eigenvalue weighted by atomic mass is 9.96. The van der Waals surface area contributed by atoms with Gasteiger partial charge >= 0.3 is 0 Å². The Morgan fingerprint density at radius 2 is 2.07 bits per heavy atom. The summed E-state index contributed by atoms with van der Waals surface area (Å²) in [6.07, 6.45) is 0.703. The second-order valence-electron chi connectivity index (χ2n) is 3.71. The predicted octanol–water partition coefficient (Wildman–Crippen LogP) is 0.673. The molecule has 1 aliphatic heterocycles. The van der Waals surface area contributed by atoms with Gasteiger partial charge in [-0.2, -0.15) is 0 Å². The molecule has 78 valence electrons. The third-order valence-electron chi connectivity index (χ3n) is 2.59. The summed E-state index contributed by atoms with van der Waals surface area (Å²) in [7, 11) is 0. The van der Waals surface area contributed by atoms with Gasteiger partial charge in [0.05, 0.1) is 5.92 Å². The number of primary amides is 1. The molecule has 1 heterocycles. The first-order valence-corrected chi connectivity index (χ1v) is 4.84. The maximum Gasteiger partial charge on any atom is 0.225 e. The molecule has 0 aliphatic carbocycles. The van der Waals surface area contributed by atoms with Gasteiger partial charge in [-0.25, -0.2) is 0 Å². The van der Waals surface area contributed by atoms with Crippen molar-refractivity contribution in [3.8, 4) is 0 Å². The van der Waals surface area contributed by atoms with Crippen LogP contribution in [0.2, 0.25) is 0 Å². The summed E-state index contributed by atoms with van der Waals surface area (Å²) < 4.78 is 0. The van der Waals surface area contributed by atoms with Crippen LogP contribution in [0, 0.1) is 5.92 Å². The van der Waals surface area contributed by atoms with E-state index in [9.17, 15) is 9.59 Å². The summed E-state index contributed by atoms with van der Waals surface area (Å²) >= 11 is 0. The van der Waals surface area contributed by atoms with Crippen molar-refractivity contribution < 1.29 is 9.59 Å². The Morgan fingerprint density at radius 1 is 1.33 bits per heavy atom. The lowest BCUT2D eigenvalue weighted by molar-refractivity contribution is -0.126. The average Bonchev–Trinajstić information content (AvgIpc) is 2.35. The number of nitrogens with two attached hydrogens (primary N) is 1. The molecule has 0 aromatic heterocycles. The number of rotatable bonds is 1. The van der Waals surface area contributed by atoms with Crippen LogP contribution in [0.1, 0.15) is 12.0 Å². The quantitative estimate of drug-likeness (QED) is 0.705. The SMILES string of the molecule is NC(=O)C1CC(=O)Nc2ccccc2C1. The van der Waals surface area contributed by atoms with Crippen molar-refractivity contribution in [3.05, 3.63) is 29.8 Å². The Hall–Kier alpha value is -1.84. The van der Waals surface area contributed by atoms with Gasteiger partial charge in [-0.1, -0.05) is 18.2 Å². The maximum absolute atomic E-state index is 11.4. The van der Waals surface area contributed by atoms with Gasteiger partial charge < -0.3 is 11.1 Å². The Bertz CT molecular complexity index is 415. The molecule has 0 saturated carbocycles. The number of carbonyl (C=O) groups excluding carboxylic acids is 2. The van der Waals surface area contributed by atoms with Gasteiger partial charge in [0.2, 0.25) is 11.8 Å². The number of carbonyl (C=O) groups is 2. The van der Waals surface area contributed by atoms with E-state index in [1.54, 1.807) is 0 Å². The van der Waals surface area contributed by atoms with Gasteiger partial charge in [0, 0.05) is 12.1 Å². The number of hydrogen-bond donors (Lipinski definition) is 2. The van der Waals surface area contributed by atoms with Crippen LogP contribution in [0.15, 0.2) is 24.3 Å². The van der Waals surface area contributed by atoms with Crippen LogP contribution in [0.3, 0.4) is 0 Å². The molecular weight excluding hydrogens is 192 g/mol. The molecule has 2 amide bonds. The smallest absolute Gasteiger partial charge is 0.225 e. The van der Waals surface area contributed by atoms with Gasteiger partial charge in [-0.3, -0.25) is 9.59 Å². The second kappa shape index (κ2) is 3.73. The van der Waals surface area contributed by atoms with E-state index in [-0.39, 0.29) is 12.3 Å². The Morgan fingerprint density at radius 3 is 2.80 bits per heavy atom. The van der Waals surface area contributed by atoms with Crippen LogP contribution in [0.25, 0.3) is 0 Å². The highest BCUT2D eigenvalue weighted by molar-refractivity contribution is 5.95. The molecule has 4 heteroatoms. The van der Waals surface area contributed by atoms with E-state index < -0.39 is 11.8 Å². The summed E-state index contributed by atoms with van der Waals surface area (Å²) in [5, 5.41) is 2.76. The van der Waals surface area contributed by atoms with E-state index >= 15 is 0 Å². The lowest BCUT2D eigenvalue weighted by Gasteiger charge is -2.08.